The summed E-state index contributed by atoms with van der Waals surface area (Å²) in [6.45, 7) is 0.154. The van der Waals surface area contributed by atoms with E-state index < -0.39 is 103 Å². The van der Waals surface area contributed by atoms with Crippen LogP contribution in [0.3, 0.4) is 0 Å². The van der Waals surface area contributed by atoms with Gasteiger partial charge in [-0.05, 0) is 51.3 Å². The molecule has 280 valence electrons. The monoisotopic (exact) mass is 717 g/mol. The number of Topliss-reactive ketones (excluding diaryl/α,β-unsaturated/α-hetero) is 1. The highest BCUT2D eigenvalue weighted by Crippen LogP contribution is 2.16. The first-order valence-electron chi connectivity index (χ1n) is 16.4. The van der Waals surface area contributed by atoms with Gasteiger partial charge in [0.25, 0.3) is 0 Å². The van der Waals surface area contributed by atoms with E-state index in [1.807, 2.05) is 0 Å². The third-order valence-electron chi connectivity index (χ3n) is 7.80. The van der Waals surface area contributed by atoms with Gasteiger partial charge in [0.2, 0.25) is 47.3 Å². The van der Waals surface area contributed by atoms with Crippen molar-refractivity contribution in [2.45, 2.75) is 82.1 Å². The number of primary amides is 1. The lowest BCUT2D eigenvalue weighted by atomic mass is 10.0. The molecule has 1 heterocycles. The van der Waals surface area contributed by atoms with Crippen LogP contribution >= 0.6 is 0 Å². The van der Waals surface area contributed by atoms with Gasteiger partial charge < -0.3 is 58.2 Å². The van der Waals surface area contributed by atoms with Crippen LogP contribution in [0.5, 0.6) is 0 Å². The van der Waals surface area contributed by atoms with Crippen molar-refractivity contribution in [1.29, 1.82) is 0 Å². The number of unbranched alkanes of at least 4 members (excludes halogenated alkanes) is 1. The van der Waals surface area contributed by atoms with Crippen molar-refractivity contribution >= 4 is 58.7 Å². The van der Waals surface area contributed by atoms with Gasteiger partial charge in [-0.25, -0.2) is 0 Å². The highest BCUT2D eigenvalue weighted by Gasteiger charge is 2.36. The zero-order valence-electron chi connectivity index (χ0n) is 28.6. The molecule has 19 heteroatoms. The largest absolute Gasteiger partial charge is 0.394 e. The molecule has 0 spiro atoms. The van der Waals surface area contributed by atoms with E-state index in [2.05, 4.69) is 31.9 Å². The SMILES string of the molecule is CNC(=O)C(CO)NC(=O)C(CCCCN)NC(=O)C1CC(=O)N(c2ccccc2)CC(=O)NC(CCC(C)=O)C(=O)NC(CC(N)=O)C(=O)N1. The molecule has 2 rings (SSSR count). The molecule has 1 aromatic rings. The minimum absolute atomic E-state index is 0.00754. The fourth-order valence-electron chi connectivity index (χ4n) is 5.06. The highest BCUT2D eigenvalue weighted by molar-refractivity contribution is 6.04. The lowest BCUT2D eigenvalue weighted by molar-refractivity contribution is -0.136. The molecule has 51 heavy (non-hydrogen) atoms. The first-order valence-corrected chi connectivity index (χ1v) is 16.4. The number of ketones is 1. The molecule has 0 bridgehead atoms. The second-order valence-electron chi connectivity index (χ2n) is 11.9. The number of aliphatic hydroxyl groups excluding tert-OH is 1. The summed E-state index contributed by atoms with van der Waals surface area (Å²) in [6, 6.07) is 0.411. The number of nitrogens with zero attached hydrogens (tertiary/aromatic N) is 1. The summed E-state index contributed by atoms with van der Waals surface area (Å²) in [4.78, 5) is 118. The molecule has 5 unspecified atom stereocenters. The Kier molecular flexibility index (Phi) is 17.1. The van der Waals surface area contributed by atoms with Crippen molar-refractivity contribution in [3.05, 3.63) is 30.3 Å². The third kappa shape index (κ3) is 13.8. The first-order chi connectivity index (χ1) is 24.2. The molecule has 11 N–H and O–H groups in total. The third-order valence-corrected chi connectivity index (χ3v) is 7.80. The number of nitrogens with two attached hydrogens (primary N) is 2. The maximum Gasteiger partial charge on any atom is 0.244 e. The Morgan fingerprint density at radius 2 is 1.59 bits per heavy atom. The molecule has 0 aromatic heterocycles. The van der Waals surface area contributed by atoms with Gasteiger partial charge in [0.05, 0.1) is 19.4 Å². The molecule has 8 amide bonds. The topological polar surface area (TPSA) is 301 Å². The van der Waals surface area contributed by atoms with Crippen molar-refractivity contribution in [3.8, 4) is 0 Å². The second kappa shape index (κ2) is 20.9. The van der Waals surface area contributed by atoms with E-state index in [9.17, 15) is 48.3 Å². The summed E-state index contributed by atoms with van der Waals surface area (Å²) < 4.78 is 0. The lowest BCUT2D eigenvalue weighted by Gasteiger charge is -2.27. The molecule has 0 radical (unpaired) electrons. The average molecular weight is 718 g/mol. The minimum Gasteiger partial charge on any atom is -0.394 e. The standard InChI is InChI=1S/C32H47N9O10/c1-18(43)11-12-21-30(49)38-22(14-25(34)44)31(50)39-23(15-27(46)41(16-26(45)36-21)19-8-4-3-5-9-19)32(51)37-20(10-6-7-13-33)29(48)40-24(17-42)28(47)35-2/h3-5,8-9,20-24,42H,6-7,10-17,33H2,1-2H3,(H2,34,44)(H,35,47)(H,36,45)(H,37,51)(H,38,49)(H,39,50)(H,40,48). The summed E-state index contributed by atoms with van der Waals surface area (Å²) in [6.07, 6.45) is -1.01. The maximum atomic E-state index is 13.9. The number of hydrogen-bond donors (Lipinski definition) is 9. The number of benzene rings is 1. The van der Waals surface area contributed by atoms with E-state index >= 15 is 0 Å². The van der Waals surface area contributed by atoms with E-state index in [4.69, 9.17) is 11.5 Å². The number of carbonyl (C=O) groups excluding carboxylic acids is 9. The molecule has 1 fully saturated rings. The van der Waals surface area contributed by atoms with E-state index in [0.717, 1.165) is 4.90 Å². The predicted molar refractivity (Wildman–Crippen MR) is 181 cm³/mol. The summed E-state index contributed by atoms with van der Waals surface area (Å²) in [7, 11) is 1.30. The average Bonchev–Trinajstić information content (AvgIpc) is 3.09. The Labute approximate surface area is 294 Å². The molecule has 1 saturated heterocycles. The van der Waals surface area contributed by atoms with Gasteiger partial charge in [0.1, 0.15) is 42.5 Å². The zero-order valence-corrected chi connectivity index (χ0v) is 28.6. The number of para-hydroxylation sites is 1. The number of nitrogens with one attached hydrogen (secondary N) is 6. The van der Waals surface area contributed by atoms with Crippen molar-refractivity contribution < 1.29 is 48.3 Å². The molecule has 5 atom stereocenters. The van der Waals surface area contributed by atoms with Crippen LogP contribution in [-0.4, -0.2) is 115 Å². The van der Waals surface area contributed by atoms with Crippen molar-refractivity contribution in [3.63, 3.8) is 0 Å². The van der Waals surface area contributed by atoms with E-state index in [0.29, 0.717) is 12.8 Å². The number of rotatable bonds is 16. The number of aliphatic hydroxyl groups is 1. The van der Waals surface area contributed by atoms with Crippen LogP contribution in [0.25, 0.3) is 0 Å². The van der Waals surface area contributed by atoms with Crippen molar-refractivity contribution in [2.24, 2.45) is 11.5 Å². The number of carbonyl (C=O) groups is 9. The molecule has 0 saturated carbocycles. The van der Waals surface area contributed by atoms with Gasteiger partial charge in [-0.15, -0.1) is 0 Å². The van der Waals surface area contributed by atoms with Gasteiger partial charge in [0.15, 0.2) is 0 Å². The number of hydrogen-bond acceptors (Lipinski definition) is 11. The molecule has 0 aliphatic carbocycles. The van der Waals surface area contributed by atoms with Gasteiger partial charge >= 0.3 is 0 Å². The molecule has 1 aliphatic rings. The van der Waals surface area contributed by atoms with E-state index in [1.54, 1.807) is 18.2 Å². The molecule has 1 aliphatic heterocycles. The van der Waals surface area contributed by atoms with Gasteiger partial charge in [0, 0.05) is 19.2 Å². The summed E-state index contributed by atoms with van der Waals surface area (Å²) in [5.41, 5.74) is 11.2. The second-order valence-corrected chi connectivity index (χ2v) is 11.9. The molecular weight excluding hydrogens is 670 g/mol. The fraction of sp³-hybridized carbons (Fsp3) is 0.531. The summed E-state index contributed by atoms with van der Waals surface area (Å²) >= 11 is 0. The molecule has 1 aromatic carbocycles. The smallest absolute Gasteiger partial charge is 0.244 e. The van der Waals surface area contributed by atoms with Crippen molar-refractivity contribution in [2.75, 3.05) is 31.6 Å². The summed E-state index contributed by atoms with van der Waals surface area (Å²) in [5, 5.41) is 23.9. The minimum atomic E-state index is -1.74. The molecular formula is C32H47N9O10. The van der Waals surface area contributed by atoms with Crippen molar-refractivity contribution in [1.82, 2.24) is 31.9 Å². The molecule has 19 nitrogen and oxygen atoms in total. The van der Waals surface area contributed by atoms with Crippen LogP contribution in [0.2, 0.25) is 0 Å². The van der Waals surface area contributed by atoms with Crippen LogP contribution < -0.4 is 48.3 Å². The Bertz CT molecular complexity index is 1440. The van der Waals surface area contributed by atoms with Crippen LogP contribution in [0.4, 0.5) is 5.69 Å². The fourth-order valence-corrected chi connectivity index (χ4v) is 5.06. The van der Waals surface area contributed by atoms with Gasteiger partial charge in [-0.1, -0.05) is 18.2 Å². The van der Waals surface area contributed by atoms with Gasteiger partial charge in [-0.3, -0.25) is 38.4 Å². The van der Waals surface area contributed by atoms with Crippen LogP contribution in [0.15, 0.2) is 30.3 Å². The Morgan fingerprint density at radius 1 is 0.922 bits per heavy atom. The summed E-state index contributed by atoms with van der Waals surface area (Å²) in [5.74, 6) is -7.58. The Morgan fingerprint density at radius 3 is 2.18 bits per heavy atom. The zero-order chi connectivity index (χ0) is 38.1. The lowest BCUT2D eigenvalue weighted by Crippen LogP contribution is -2.60. The van der Waals surface area contributed by atoms with Crippen LogP contribution in [-0.2, 0) is 43.2 Å². The number of likely N-dealkylation sites (N-methyl/N-ethyl adjacent to an activating group) is 1. The Hall–Kier alpha value is -5.43. The normalized spacial score (nSPS) is 19.8. The van der Waals surface area contributed by atoms with Crippen LogP contribution in [0, 0.1) is 0 Å². The maximum absolute atomic E-state index is 13.9. The highest BCUT2D eigenvalue weighted by atomic mass is 16.3. The Balaban J connectivity index is 2.57. The van der Waals surface area contributed by atoms with Crippen LogP contribution in [0.1, 0.15) is 51.9 Å². The van der Waals surface area contributed by atoms with Gasteiger partial charge in [-0.2, -0.15) is 0 Å². The quantitative estimate of drug-likeness (QED) is 0.0742. The first kappa shape index (κ1) is 41.7. The predicted octanol–water partition coefficient (Wildman–Crippen LogP) is -4.04. The van der Waals surface area contributed by atoms with E-state index in [-0.39, 0.29) is 37.3 Å². The number of anilines is 1. The number of amides is 8. The van der Waals surface area contributed by atoms with E-state index in [1.165, 1.54) is 26.1 Å².